The van der Waals surface area contributed by atoms with Gasteiger partial charge in [-0.3, -0.25) is 4.68 Å². The third-order valence-corrected chi connectivity index (χ3v) is 4.80. The Labute approximate surface area is 132 Å². The highest BCUT2D eigenvalue weighted by Gasteiger charge is 2.39. The molecule has 5 heteroatoms. The lowest BCUT2D eigenvalue weighted by Gasteiger charge is -2.20. The fourth-order valence-corrected chi connectivity index (χ4v) is 3.11. The summed E-state index contributed by atoms with van der Waals surface area (Å²) in [7, 11) is 1.92. The molecule has 1 aliphatic rings. The Morgan fingerprint density at radius 1 is 1.33 bits per heavy atom. The molecular formula is C16H18BrN3O. The van der Waals surface area contributed by atoms with Gasteiger partial charge in [0.05, 0.1) is 11.4 Å². The van der Waals surface area contributed by atoms with Gasteiger partial charge in [-0.05, 0) is 32.4 Å². The third-order valence-electron chi connectivity index (χ3n) is 3.95. The van der Waals surface area contributed by atoms with Crippen molar-refractivity contribution >= 4 is 21.6 Å². The van der Waals surface area contributed by atoms with Gasteiger partial charge in [0.15, 0.2) is 5.60 Å². The maximum absolute atomic E-state index is 5.78. The molecule has 0 spiro atoms. The Balaban J connectivity index is 1.90. The van der Waals surface area contributed by atoms with Crippen molar-refractivity contribution in [3.63, 3.8) is 0 Å². The van der Waals surface area contributed by atoms with E-state index in [-0.39, 0.29) is 0 Å². The first-order valence-corrected chi connectivity index (χ1v) is 7.71. The van der Waals surface area contributed by atoms with E-state index in [1.165, 1.54) is 5.56 Å². The van der Waals surface area contributed by atoms with Gasteiger partial charge in [-0.15, -0.1) is 0 Å². The molecule has 0 bridgehead atoms. The number of halogens is 1. The van der Waals surface area contributed by atoms with Gasteiger partial charge in [0.25, 0.3) is 0 Å². The second kappa shape index (κ2) is 4.98. The molecule has 1 aliphatic heterocycles. The second-order valence-corrected chi connectivity index (χ2v) is 6.66. The van der Waals surface area contributed by atoms with Crippen LogP contribution < -0.4 is 0 Å². The molecule has 1 unspecified atom stereocenters. The van der Waals surface area contributed by atoms with E-state index in [9.17, 15) is 0 Å². The van der Waals surface area contributed by atoms with Crippen molar-refractivity contribution in [1.29, 1.82) is 0 Å². The lowest BCUT2D eigenvalue weighted by molar-refractivity contribution is -0.00789. The first kappa shape index (κ1) is 14.3. The van der Waals surface area contributed by atoms with Crippen molar-refractivity contribution < 1.29 is 4.84 Å². The van der Waals surface area contributed by atoms with Gasteiger partial charge in [-0.1, -0.05) is 33.2 Å². The van der Waals surface area contributed by atoms with E-state index >= 15 is 0 Å². The number of aryl methyl sites for hydroxylation is 3. The molecule has 4 nitrogen and oxygen atoms in total. The quantitative estimate of drug-likeness (QED) is 0.827. The molecule has 1 aromatic carbocycles. The average Bonchev–Trinajstić information content (AvgIpc) is 2.97. The van der Waals surface area contributed by atoms with Gasteiger partial charge in [0, 0.05) is 35.3 Å². The smallest absolute Gasteiger partial charge is 0.168 e. The Morgan fingerprint density at radius 2 is 2.10 bits per heavy atom. The Bertz CT molecular complexity index is 735. The molecule has 0 N–H and O–H groups in total. The summed E-state index contributed by atoms with van der Waals surface area (Å²) in [5.74, 6) is 0. The van der Waals surface area contributed by atoms with Gasteiger partial charge >= 0.3 is 0 Å². The van der Waals surface area contributed by atoms with Crippen LogP contribution in [0.1, 0.15) is 35.7 Å². The number of hydrogen-bond donors (Lipinski definition) is 0. The van der Waals surface area contributed by atoms with Crippen LogP contribution in [-0.4, -0.2) is 15.5 Å². The lowest BCUT2D eigenvalue weighted by Crippen LogP contribution is -2.22. The van der Waals surface area contributed by atoms with Crippen LogP contribution in [0.2, 0.25) is 0 Å². The average molecular weight is 348 g/mol. The van der Waals surface area contributed by atoms with E-state index in [4.69, 9.17) is 4.84 Å². The molecule has 2 heterocycles. The molecule has 1 atom stereocenters. The van der Waals surface area contributed by atoms with Crippen LogP contribution in [0.5, 0.6) is 0 Å². The minimum atomic E-state index is -0.439. The normalized spacial score (nSPS) is 21.3. The van der Waals surface area contributed by atoms with Gasteiger partial charge < -0.3 is 4.84 Å². The standard InChI is InChI=1S/C16H18BrN3O/c1-10-5-6-12(7-14(10)17)15-8-16(3,21-19-15)13-9-20(4)18-11(13)2/h5-7,9H,8H2,1-4H3. The number of rotatable bonds is 2. The largest absolute Gasteiger partial charge is 0.384 e. The molecule has 0 radical (unpaired) electrons. The topological polar surface area (TPSA) is 39.4 Å². The number of aromatic nitrogens is 2. The molecule has 110 valence electrons. The Hall–Kier alpha value is -1.62. The van der Waals surface area contributed by atoms with E-state index in [0.29, 0.717) is 0 Å². The molecule has 21 heavy (non-hydrogen) atoms. The van der Waals surface area contributed by atoms with Crippen LogP contribution in [0.15, 0.2) is 34.0 Å². The summed E-state index contributed by atoms with van der Waals surface area (Å²) in [4.78, 5) is 5.78. The van der Waals surface area contributed by atoms with Crippen molar-refractivity contribution in [2.75, 3.05) is 0 Å². The van der Waals surface area contributed by atoms with Crippen molar-refractivity contribution in [2.24, 2.45) is 12.2 Å². The highest BCUT2D eigenvalue weighted by atomic mass is 79.9. The molecule has 0 amide bonds. The molecule has 3 rings (SSSR count). The molecule has 0 fully saturated rings. The van der Waals surface area contributed by atoms with Gasteiger partial charge in [0.1, 0.15) is 0 Å². The van der Waals surface area contributed by atoms with E-state index < -0.39 is 5.60 Å². The van der Waals surface area contributed by atoms with Crippen molar-refractivity contribution in [3.05, 3.63) is 51.3 Å². The monoisotopic (exact) mass is 347 g/mol. The van der Waals surface area contributed by atoms with Crippen LogP contribution in [0.4, 0.5) is 0 Å². The predicted octanol–water partition coefficient (Wildman–Crippen LogP) is 3.84. The summed E-state index contributed by atoms with van der Waals surface area (Å²) < 4.78 is 2.91. The van der Waals surface area contributed by atoms with Crippen LogP contribution in [0, 0.1) is 13.8 Å². The van der Waals surface area contributed by atoms with Crippen LogP contribution >= 0.6 is 15.9 Å². The van der Waals surface area contributed by atoms with Crippen LogP contribution in [0.3, 0.4) is 0 Å². The summed E-state index contributed by atoms with van der Waals surface area (Å²) in [5.41, 5.74) is 4.92. The fourth-order valence-electron chi connectivity index (χ4n) is 2.73. The van der Waals surface area contributed by atoms with Crippen LogP contribution in [0.25, 0.3) is 0 Å². The second-order valence-electron chi connectivity index (χ2n) is 5.80. The number of benzene rings is 1. The number of nitrogens with zero attached hydrogens (tertiary/aromatic N) is 3. The summed E-state index contributed by atoms with van der Waals surface area (Å²) in [6.45, 7) is 6.14. The number of hydrogen-bond acceptors (Lipinski definition) is 3. The summed E-state index contributed by atoms with van der Waals surface area (Å²) in [6.07, 6.45) is 2.76. The molecule has 0 saturated carbocycles. The van der Waals surface area contributed by atoms with E-state index in [2.05, 4.69) is 58.2 Å². The first-order chi connectivity index (χ1) is 9.89. The zero-order chi connectivity index (χ0) is 15.2. The van der Waals surface area contributed by atoms with Crippen molar-refractivity contribution in [2.45, 2.75) is 32.8 Å². The molecule has 2 aromatic rings. The zero-order valence-corrected chi connectivity index (χ0v) is 14.2. The summed E-state index contributed by atoms with van der Waals surface area (Å²) in [5, 5.41) is 8.72. The van der Waals surface area contributed by atoms with E-state index in [1.807, 2.05) is 24.9 Å². The summed E-state index contributed by atoms with van der Waals surface area (Å²) in [6, 6.07) is 6.27. The lowest BCUT2D eigenvalue weighted by atomic mass is 9.89. The first-order valence-electron chi connectivity index (χ1n) is 6.91. The van der Waals surface area contributed by atoms with Crippen LogP contribution in [-0.2, 0) is 17.5 Å². The summed E-state index contributed by atoms with van der Waals surface area (Å²) >= 11 is 3.57. The molecule has 1 aromatic heterocycles. The van der Waals surface area contributed by atoms with Crippen molar-refractivity contribution in [1.82, 2.24) is 9.78 Å². The van der Waals surface area contributed by atoms with Crippen molar-refractivity contribution in [3.8, 4) is 0 Å². The van der Waals surface area contributed by atoms with Gasteiger partial charge in [0.2, 0.25) is 0 Å². The minimum Gasteiger partial charge on any atom is -0.384 e. The van der Waals surface area contributed by atoms with Gasteiger partial charge in [-0.25, -0.2) is 0 Å². The maximum atomic E-state index is 5.78. The van der Waals surface area contributed by atoms with E-state index in [0.717, 1.165) is 33.4 Å². The Morgan fingerprint density at radius 3 is 2.71 bits per heavy atom. The van der Waals surface area contributed by atoms with Gasteiger partial charge in [-0.2, -0.15) is 5.10 Å². The predicted molar refractivity (Wildman–Crippen MR) is 86.4 cm³/mol. The highest BCUT2D eigenvalue weighted by Crippen LogP contribution is 2.37. The number of oxime groups is 1. The fraction of sp³-hybridized carbons (Fsp3) is 0.375. The Kier molecular flexibility index (Phi) is 3.40. The zero-order valence-electron chi connectivity index (χ0n) is 12.6. The molecule has 0 aliphatic carbocycles. The SMILES string of the molecule is Cc1ccc(C2=NOC(C)(c3cn(C)nc3C)C2)cc1Br. The molecule has 0 saturated heterocycles. The highest BCUT2D eigenvalue weighted by molar-refractivity contribution is 9.10. The minimum absolute atomic E-state index is 0.439. The molecular weight excluding hydrogens is 330 g/mol. The maximum Gasteiger partial charge on any atom is 0.168 e. The third kappa shape index (κ3) is 2.50. The van der Waals surface area contributed by atoms with E-state index in [1.54, 1.807) is 0 Å².